The number of carbonyl (C=O) groups is 1. The van der Waals surface area contributed by atoms with E-state index in [0.717, 1.165) is 0 Å². The molecule has 0 saturated carbocycles. The van der Waals surface area contributed by atoms with Crippen molar-refractivity contribution in [2.75, 3.05) is 27.3 Å². The zero-order valence-electron chi connectivity index (χ0n) is 9.57. The Morgan fingerprint density at radius 3 is 2.94 bits per heavy atom. The van der Waals surface area contributed by atoms with Crippen LogP contribution in [0.2, 0.25) is 0 Å². The SMILES string of the molecule is COCC(Cl)CN(C)C(=O)c1cc(C)on1. The highest BCUT2D eigenvalue weighted by Crippen LogP contribution is 2.07. The molecule has 1 amide bonds. The van der Waals surface area contributed by atoms with E-state index in [1.54, 1.807) is 27.1 Å². The van der Waals surface area contributed by atoms with Gasteiger partial charge in [-0.25, -0.2) is 0 Å². The van der Waals surface area contributed by atoms with Crippen LogP contribution in [0.25, 0.3) is 0 Å². The Hall–Kier alpha value is -1.07. The highest BCUT2D eigenvalue weighted by Gasteiger charge is 2.18. The van der Waals surface area contributed by atoms with Gasteiger partial charge in [0.2, 0.25) is 0 Å². The van der Waals surface area contributed by atoms with Gasteiger partial charge in [0.15, 0.2) is 5.69 Å². The summed E-state index contributed by atoms with van der Waals surface area (Å²) < 4.78 is 9.72. The molecule has 0 aromatic carbocycles. The molecule has 1 atom stereocenters. The van der Waals surface area contributed by atoms with Crippen LogP contribution in [0.5, 0.6) is 0 Å². The van der Waals surface area contributed by atoms with Gasteiger partial charge < -0.3 is 14.2 Å². The molecule has 0 fully saturated rings. The average molecular weight is 247 g/mol. The highest BCUT2D eigenvalue weighted by atomic mass is 35.5. The summed E-state index contributed by atoms with van der Waals surface area (Å²) in [6, 6.07) is 1.60. The molecule has 0 bridgehead atoms. The monoisotopic (exact) mass is 246 g/mol. The lowest BCUT2D eigenvalue weighted by Gasteiger charge is -2.18. The molecule has 1 heterocycles. The first-order valence-electron chi connectivity index (χ1n) is 4.86. The molecular formula is C10H15ClN2O3. The van der Waals surface area contributed by atoms with Gasteiger partial charge in [-0.05, 0) is 6.92 Å². The van der Waals surface area contributed by atoms with E-state index in [-0.39, 0.29) is 11.3 Å². The van der Waals surface area contributed by atoms with Gasteiger partial charge in [-0.2, -0.15) is 0 Å². The summed E-state index contributed by atoms with van der Waals surface area (Å²) in [7, 11) is 3.23. The average Bonchev–Trinajstić information content (AvgIpc) is 2.64. The second-order valence-corrected chi connectivity index (χ2v) is 4.18. The Morgan fingerprint density at radius 2 is 2.44 bits per heavy atom. The number of hydrogen-bond donors (Lipinski definition) is 0. The Labute approximate surface area is 99.3 Å². The van der Waals surface area contributed by atoms with E-state index in [9.17, 15) is 4.79 Å². The summed E-state index contributed by atoms with van der Waals surface area (Å²) >= 11 is 5.95. The lowest BCUT2D eigenvalue weighted by Crippen LogP contribution is -2.34. The van der Waals surface area contributed by atoms with Crippen LogP contribution >= 0.6 is 11.6 Å². The molecule has 0 aliphatic heterocycles. The summed E-state index contributed by atoms with van der Waals surface area (Å²) in [5, 5.41) is 3.42. The van der Waals surface area contributed by atoms with Gasteiger partial charge in [0, 0.05) is 26.8 Å². The van der Waals surface area contributed by atoms with E-state index in [2.05, 4.69) is 5.16 Å². The molecule has 0 radical (unpaired) electrons. The maximum Gasteiger partial charge on any atom is 0.275 e. The van der Waals surface area contributed by atoms with E-state index >= 15 is 0 Å². The predicted octanol–water partition coefficient (Wildman–Crippen LogP) is 1.31. The van der Waals surface area contributed by atoms with E-state index < -0.39 is 0 Å². The lowest BCUT2D eigenvalue weighted by molar-refractivity contribution is 0.0771. The molecule has 6 heteroatoms. The number of halogens is 1. The number of alkyl halides is 1. The standard InChI is InChI=1S/C10H15ClN2O3/c1-7-4-9(12-16-7)10(14)13(2)5-8(11)6-15-3/h4,8H,5-6H2,1-3H3. The number of methoxy groups -OCH3 is 1. The predicted molar refractivity (Wildman–Crippen MR) is 59.7 cm³/mol. The third-order valence-electron chi connectivity index (χ3n) is 2.01. The van der Waals surface area contributed by atoms with Crippen LogP contribution in [0, 0.1) is 6.92 Å². The third-order valence-corrected chi connectivity index (χ3v) is 2.28. The number of aromatic nitrogens is 1. The lowest BCUT2D eigenvalue weighted by atomic mass is 10.3. The van der Waals surface area contributed by atoms with Crippen molar-refractivity contribution in [3.05, 3.63) is 17.5 Å². The number of ether oxygens (including phenoxy) is 1. The van der Waals surface area contributed by atoms with Gasteiger partial charge in [0.05, 0.1) is 12.0 Å². The van der Waals surface area contributed by atoms with Gasteiger partial charge in [-0.15, -0.1) is 11.6 Å². The minimum Gasteiger partial charge on any atom is -0.383 e. The summed E-state index contributed by atoms with van der Waals surface area (Å²) in [5.74, 6) is 0.398. The molecule has 0 saturated heterocycles. The van der Waals surface area contributed by atoms with Gasteiger partial charge >= 0.3 is 0 Å². The molecule has 0 aliphatic rings. The first-order chi connectivity index (χ1) is 7.54. The second kappa shape index (κ2) is 5.86. The summed E-state index contributed by atoms with van der Waals surface area (Å²) in [4.78, 5) is 13.3. The minimum atomic E-state index is -0.230. The number of aryl methyl sites for hydroxylation is 1. The Balaban J connectivity index is 2.54. The Kier molecular flexibility index (Phi) is 4.76. The molecule has 1 aromatic rings. The van der Waals surface area contributed by atoms with Gasteiger partial charge in [-0.1, -0.05) is 5.16 Å². The number of carbonyl (C=O) groups excluding carboxylic acids is 1. The fourth-order valence-electron chi connectivity index (χ4n) is 1.28. The molecule has 0 N–H and O–H groups in total. The van der Waals surface area contributed by atoms with Crippen molar-refractivity contribution < 1.29 is 14.1 Å². The Bertz CT molecular complexity index is 354. The van der Waals surface area contributed by atoms with Crippen LogP contribution in [-0.4, -0.2) is 48.6 Å². The fraction of sp³-hybridized carbons (Fsp3) is 0.600. The van der Waals surface area contributed by atoms with Crippen LogP contribution in [0.15, 0.2) is 10.6 Å². The van der Waals surface area contributed by atoms with Crippen molar-refractivity contribution in [2.24, 2.45) is 0 Å². The third kappa shape index (κ3) is 3.50. The summed E-state index contributed by atoms with van der Waals surface area (Å²) in [5.41, 5.74) is 0.293. The molecule has 90 valence electrons. The molecule has 5 nitrogen and oxygen atoms in total. The highest BCUT2D eigenvalue weighted by molar-refractivity contribution is 6.21. The first kappa shape index (κ1) is 13.0. The van der Waals surface area contributed by atoms with E-state index in [0.29, 0.717) is 24.6 Å². The van der Waals surface area contributed by atoms with Gasteiger partial charge in [0.1, 0.15) is 5.76 Å². The maximum atomic E-state index is 11.8. The number of rotatable bonds is 5. The van der Waals surface area contributed by atoms with Crippen LogP contribution in [0.3, 0.4) is 0 Å². The molecule has 1 unspecified atom stereocenters. The maximum absolute atomic E-state index is 11.8. The van der Waals surface area contributed by atoms with Gasteiger partial charge in [-0.3, -0.25) is 4.79 Å². The topological polar surface area (TPSA) is 55.6 Å². The van der Waals surface area contributed by atoms with Crippen LogP contribution in [-0.2, 0) is 4.74 Å². The van der Waals surface area contributed by atoms with Crippen molar-refractivity contribution in [3.63, 3.8) is 0 Å². The van der Waals surface area contributed by atoms with E-state index in [1.165, 1.54) is 4.90 Å². The molecule has 0 aliphatic carbocycles. The fourth-order valence-corrected chi connectivity index (χ4v) is 1.61. The van der Waals surface area contributed by atoms with Gasteiger partial charge in [0.25, 0.3) is 5.91 Å². The van der Waals surface area contributed by atoms with Crippen molar-refractivity contribution in [3.8, 4) is 0 Å². The largest absolute Gasteiger partial charge is 0.383 e. The van der Waals surface area contributed by atoms with E-state index in [4.69, 9.17) is 20.9 Å². The van der Waals surface area contributed by atoms with Crippen LogP contribution in [0.1, 0.15) is 16.2 Å². The zero-order chi connectivity index (χ0) is 12.1. The normalized spacial score (nSPS) is 12.5. The van der Waals surface area contributed by atoms with Crippen molar-refractivity contribution >= 4 is 17.5 Å². The second-order valence-electron chi connectivity index (χ2n) is 3.56. The van der Waals surface area contributed by atoms with Crippen molar-refractivity contribution in [1.29, 1.82) is 0 Å². The Morgan fingerprint density at radius 1 is 1.75 bits per heavy atom. The van der Waals surface area contributed by atoms with Crippen LogP contribution < -0.4 is 0 Å². The molecule has 0 spiro atoms. The van der Waals surface area contributed by atoms with E-state index in [1.807, 2.05) is 0 Å². The smallest absolute Gasteiger partial charge is 0.275 e. The number of amides is 1. The quantitative estimate of drug-likeness (QED) is 0.735. The summed E-state index contributed by atoms with van der Waals surface area (Å²) in [6.07, 6.45) is 0. The molecular weight excluding hydrogens is 232 g/mol. The molecule has 1 aromatic heterocycles. The van der Waals surface area contributed by atoms with Crippen molar-refractivity contribution in [1.82, 2.24) is 10.1 Å². The first-order valence-corrected chi connectivity index (χ1v) is 5.30. The van der Waals surface area contributed by atoms with Crippen LogP contribution in [0.4, 0.5) is 0 Å². The number of hydrogen-bond acceptors (Lipinski definition) is 4. The minimum absolute atomic E-state index is 0.210. The summed E-state index contributed by atoms with van der Waals surface area (Å²) in [6.45, 7) is 2.54. The zero-order valence-corrected chi connectivity index (χ0v) is 10.3. The molecule has 16 heavy (non-hydrogen) atoms. The number of nitrogens with zero attached hydrogens (tertiary/aromatic N) is 2. The van der Waals surface area contributed by atoms with Crippen molar-refractivity contribution in [2.45, 2.75) is 12.3 Å². The molecule has 1 rings (SSSR count).